The lowest BCUT2D eigenvalue weighted by Gasteiger charge is -2.08. The Morgan fingerprint density at radius 1 is 1.53 bits per heavy atom. The van der Waals surface area contributed by atoms with Crippen molar-refractivity contribution in [2.45, 2.75) is 20.3 Å². The van der Waals surface area contributed by atoms with Gasteiger partial charge in [-0.05, 0) is 37.1 Å². The monoisotopic (exact) mass is 271 g/mol. The van der Waals surface area contributed by atoms with Crippen LogP contribution in [0, 0.1) is 6.92 Å². The molecule has 0 spiro atoms. The summed E-state index contributed by atoms with van der Waals surface area (Å²) in [6.07, 6.45) is 0.222. The van der Waals surface area contributed by atoms with Crippen molar-refractivity contribution in [2.24, 2.45) is 0 Å². The number of hydrogen-bond donors (Lipinski definition) is 1. The second kappa shape index (κ2) is 5.16. The van der Waals surface area contributed by atoms with Gasteiger partial charge in [-0.3, -0.25) is 4.79 Å². The van der Waals surface area contributed by atoms with E-state index in [1.807, 2.05) is 19.1 Å². The summed E-state index contributed by atoms with van der Waals surface area (Å²) in [6.45, 7) is 4.09. The normalized spacial score (nSPS) is 10.1. The van der Waals surface area contributed by atoms with E-state index in [1.54, 1.807) is 6.92 Å². The summed E-state index contributed by atoms with van der Waals surface area (Å²) in [5.41, 5.74) is 8.29. The molecule has 0 bridgehead atoms. The number of carbonyl (C=O) groups excluding carboxylic acids is 1. The topological polar surface area (TPSA) is 52.3 Å². The van der Waals surface area contributed by atoms with E-state index in [-0.39, 0.29) is 12.4 Å². The van der Waals surface area contributed by atoms with Crippen molar-refractivity contribution in [2.75, 3.05) is 12.3 Å². The van der Waals surface area contributed by atoms with Gasteiger partial charge in [0.05, 0.1) is 13.0 Å². The summed E-state index contributed by atoms with van der Waals surface area (Å²) in [6, 6.07) is 3.77. The van der Waals surface area contributed by atoms with Crippen LogP contribution in [0.4, 0.5) is 5.69 Å². The highest BCUT2D eigenvalue weighted by molar-refractivity contribution is 9.10. The Morgan fingerprint density at radius 2 is 2.20 bits per heavy atom. The minimum atomic E-state index is -0.248. The zero-order valence-corrected chi connectivity index (χ0v) is 10.4. The SMILES string of the molecule is CCOC(=O)Cc1cc(Br)cc(C)c1N. The molecule has 0 amide bonds. The van der Waals surface area contributed by atoms with Crippen molar-refractivity contribution in [1.82, 2.24) is 0 Å². The van der Waals surface area contributed by atoms with Crippen LogP contribution in [0.3, 0.4) is 0 Å². The molecular formula is C11H14BrNO2. The molecule has 0 fully saturated rings. The molecule has 15 heavy (non-hydrogen) atoms. The first-order chi connectivity index (χ1) is 7.04. The average molecular weight is 272 g/mol. The summed E-state index contributed by atoms with van der Waals surface area (Å²) in [7, 11) is 0. The smallest absolute Gasteiger partial charge is 0.310 e. The Balaban J connectivity index is 2.89. The van der Waals surface area contributed by atoms with E-state index >= 15 is 0 Å². The number of carbonyl (C=O) groups is 1. The van der Waals surface area contributed by atoms with Gasteiger partial charge >= 0.3 is 5.97 Å². The first-order valence-corrected chi connectivity index (χ1v) is 5.54. The molecule has 0 saturated carbocycles. The molecule has 0 radical (unpaired) electrons. The van der Waals surface area contributed by atoms with Crippen LogP contribution in [-0.4, -0.2) is 12.6 Å². The van der Waals surface area contributed by atoms with E-state index < -0.39 is 0 Å². The summed E-state index contributed by atoms with van der Waals surface area (Å²) < 4.78 is 5.80. The van der Waals surface area contributed by atoms with E-state index in [0.717, 1.165) is 15.6 Å². The van der Waals surface area contributed by atoms with Crippen LogP contribution in [0.15, 0.2) is 16.6 Å². The molecule has 0 saturated heterocycles. The number of rotatable bonds is 3. The lowest BCUT2D eigenvalue weighted by atomic mass is 10.1. The highest BCUT2D eigenvalue weighted by Crippen LogP contribution is 2.23. The van der Waals surface area contributed by atoms with E-state index in [1.165, 1.54) is 0 Å². The number of anilines is 1. The van der Waals surface area contributed by atoms with Crippen LogP contribution in [0.25, 0.3) is 0 Å². The van der Waals surface area contributed by atoms with Crippen molar-refractivity contribution < 1.29 is 9.53 Å². The van der Waals surface area contributed by atoms with Crippen molar-refractivity contribution in [1.29, 1.82) is 0 Å². The molecule has 1 aromatic carbocycles. The Bertz CT molecular complexity index is 377. The molecular weight excluding hydrogens is 258 g/mol. The summed E-state index contributed by atoms with van der Waals surface area (Å²) in [5, 5.41) is 0. The number of nitrogens with two attached hydrogens (primary N) is 1. The Hall–Kier alpha value is -1.03. The van der Waals surface area contributed by atoms with Crippen molar-refractivity contribution >= 4 is 27.6 Å². The van der Waals surface area contributed by atoms with E-state index in [9.17, 15) is 4.79 Å². The predicted molar refractivity (Wildman–Crippen MR) is 63.6 cm³/mol. The van der Waals surface area contributed by atoms with E-state index in [0.29, 0.717) is 12.3 Å². The second-order valence-corrected chi connectivity index (χ2v) is 4.19. The van der Waals surface area contributed by atoms with Crippen molar-refractivity contribution in [3.63, 3.8) is 0 Å². The quantitative estimate of drug-likeness (QED) is 0.679. The molecule has 1 rings (SSSR count). The zero-order valence-electron chi connectivity index (χ0n) is 8.84. The standard InChI is InChI=1S/C11H14BrNO2/c1-3-15-10(14)6-8-5-9(12)4-7(2)11(8)13/h4-5H,3,6,13H2,1-2H3. The third-order valence-electron chi connectivity index (χ3n) is 2.08. The van der Waals surface area contributed by atoms with Gasteiger partial charge in [0.25, 0.3) is 0 Å². The van der Waals surface area contributed by atoms with Crippen LogP contribution in [-0.2, 0) is 16.0 Å². The number of aryl methyl sites for hydroxylation is 1. The largest absolute Gasteiger partial charge is 0.466 e. The lowest BCUT2D eigenvalue weighted by molar-refractivity contribution is -0.142. The van der Waals surface area contributed by atoms with Crippen LogP contribution >= 0.6 is 15.9 Å². The van der Waals surface area contributed by atoms with Gasteiger partial charge in [-0.1, -0.05) is 15.9 Å². The molecule has 3 nitrogen and oxygen atoms in total. The maximum atomic E-state index is 11.3. The van der Waals surface area contributed by atoms with E-state index in [2.05, 4.69) is 15.9 Å². The minimum absolute atomic E-state index is 0.222. The second-order valence-electron chi connectivity index (χ2n) is 3.28. The highest BCUT2D eigenvalue weighted by atomic mass is 79.9. The van der Waals surface area contributed by atoms with Crippen LogP contribution in [0.2, 0.25) is 0 Å². The maximum Gasteiger partial charge on any atom is 0.310 e. The average Bonchev–Trinajstić information content (AvgIpc) is 2.13. The molecule has 0 aliphatic rings. The number of esters is 1. The summed E-state index contributed by atoms with van der Waals surface area (Å²) >= 11 is 3.37. The van der Waals surface area contributed by atoms with Gasteiger partial charge in [0.1, 0.15) is 0 Å². The third-order valence-corrected chi connectivity index (χ3v) is 2.54. The fourth-order valence-corrected chi connectivity index (χ4v) is 1.96. The van der Waals surface area contributed by atoms with Crippen LogP contribution in [0.1, 0.15) is 18.1 Å². The van der Waals surface area contributed by atoms with Gasteiger partial charge in [0, 0.05) is 10.2 Å². The minimum Gasteiger partial charge on any atom is -0.466 e. The Kier molecular flexibility index (Phi) is 4.15. The number of benzene rings is 1. The maximum absolute atomic E-state index is 11.3. The fraction of sp³-hybridized carbons (Fsp3) is 0.364. The molecule has 0 aliphatic heterocycles. The third kappa shape index (κ3) is 3.23. The number of halogens is 1. The van der Waals surface area contributed by atoms with Gasteiger partial charge < -0.3 is 10.5 Å². The lowest BCUT2D eigenvalue weighted by Crippen LogP contribution is -2.09. The number of hydrogen-bond acceptors (Lipinski definition) is 3. The van der Waals surface area contributed by atoms with Gasteiger partial charge in [0.2, 0.25) is 0 Å². The molecule has 4 heteroatoms. The fourth-order valence-electron chi connectivity index (χ4n) is 1.34. The molecule has 0 aromatic heterocycles. The summed E-state index contributed by atoms with van der Waals surface area (Å²) in [4.78, 5) is 11.3. The predicted octanol–water partition coefficient (Wildman–Crippen LogP) is 2.45. The molecule has 0 unspecified atom stereocenters. The molecule has 0 aliphatic carbocycles. The van der Waals surface area contributed by atoms with E-state index in [4.69, 9.17) is 10.5 Å². The highest BCUT2D eigenvalue weighted by Gasteiger charge is 2.09. The number of nitrogen functional groups attached to an aromatic ring is 1. The van der Waals surface area contributed by atoms with Gasteiger partial charge in [-0.25, -0.2) is 0 Å². The molecule has 2 N–H and O–H groups in total. The molecule has 0 heterocycles. The first kappa shape index (κ1) is 12.0. The Morgan fingerprint density at radius 3 is 2.80 bits per heavy atom. The number of ether oxygens (including phenoxy) is 1. The Labute approximate surface area is 97.7 Å². The van der Waals surface area contributed by atoms with Gasteiger partial charge in [-0.2, -0.15) is 0 Å². The van der Waals surface area contributed by atoms with Crippen LogP contribution in [0.5, 0.6) is 0 Å². The van der Waals surface area contributed by atoms with Gasteiger partial charge in [0.15, 0.2) is 0 Å². The van der Waals surface area contributed by atoms with Crippen molar-refractivity contribution in [3.05, 3.63) is 27.7 Å². The van der Waals surface area contributed by atoms with Crippen LogP contribution < -0.4 is 5.73 Å². The van der Waals surface area contributed by atoms with Crippen molar-refractivity contribution in [3.8, 4) is 0 Å². The van der Waals surface area contributed by atoms with Gasteiger partial charge in [-0.15, -0.1) is 0 Å². The summed E-state index contributed by atoms with van der Waals surface area (Å²) in [5.74, 6) is -0.248. The first-order valence-electron chi connectivity index (χ1n) is 4.74. The zero-order chi connectivity index (χ0) is 11.4. The molecule has 82 valence electrons. The molecule has 1 aromatic rings. The molecule has 0 atom stereocenters.